The minimum atomic E-state index is -0.702. The second-order valence-corrected chi connectivity index (χ2v) is 7.78. The van der Waals surface area contributed by atoms with Crippen molar-refractivity contribution >= 4 is 17.8 Å². The first-order valence-corrected chi connectivity index (χ1v) is 12.6. The van der Waals surface area contributed by atoms with Crippen LogP contribution in [0.5, 0.6) is 0 Å². The molecule has 0 saturated heterocycles. The Labute approximate surface area is 206 Å². The van der Waals surface area contributed by atoms with Crippen molar-refractivity contribution in [3.63, 3.8) is 0 Å². The molecule has 0 radical (unpaired) electrons. The van der Waals surface area contributed by atoms with Crippen molar-refractivity contribution in [2.24, 2.45) is 11.5 Å². The van der Waals surface area contributed by atoms with Crippen molar-refractivity contribution in [2.75, 3.05) is 53.6 Å². The Bertz CT molecular complexity index is 453. The van der Waals surface area contributed by atoms with Crippen molar-refractivity contribution in [3.8, 4) is 0 Å². The smallest absolute Gasteiger partial charge is 0.303 e. The number of primary amides is 1. The second kappa shape index (κ2) is 33.4. The lowest BCUT2D eigenvalue weighted by Gasteiger charge is -2.06. The fourth-order valence-electron chi connectivity index (χ4n) is 2.61. The molecule has 0 aromatic heterocycles. The Balaban J connectivity index is -0.000000723. The highest BCUT2D eigenvalue weighted by Crippen LogP contribution is 2.09. The third-order valence-corrected chi connectivity index (χ3v) is 4.33. The average molecular weight is 493 g/mol. The summed E-state index contributed by atoms with van der Waals surface area (Å²) in [6.45, 7) is 5.01. The highest BCUT2D eigenvalue weighted by molar-refractivity contribution is 5.77. The van der Waals surface area contributed by atoms with E-state index in [1.165, 1.54) is 19.3 Å². The van der Waals surface area contributed by atoms with Gasteiger partial charge in [-0.05, 0) is 53.2 Å². The predicted molar refractivity (Wildman–Crippen MR) is 137 cm³/mol. The summed E-state index contributed by atoms with van der Waals surface area (Å²) in [7, 11) is 3.75. The lowest BCUT2D eigenvalue weighted by molar-refractivity contribution is -0.137. The van der Waals surface area contributed by atoms with Crippen molar-refractivity contribution < 1.29 is 29.0 Å². The lowest BCUT2D eigenvalue weighted by Crippen LogP contribution is -2.29. The third-order valence-electron chi connectivity index (χ3n) is 4.33. The van der Waals surface area contributed by atoms with E-state index in [1.54, 1.807) is 0 Å². The molecule has 0 aliphatic heterocycles. The summed E-state index contributed by atoms with van der Waals surface area (Å²) in [5, 5.41) is 14.1. The number of hydrogen-bond donors (Lipinski definition) is 5. The molecule has 0 aromatic carbocycles. The fourth-order valence-corrected chi connectivity index (χ4v) is 2.61. The number of carboxylic acids is 1. The van der Waals surface area contributed by atoms with Gasteiger partial charge in [-0.2, -0.15) is 0 Å². The maximum absolute atomic E-state index is 11.4. The summed E-state index contributed by atoms with van der Waals surface area (Å²) >= 11 is 0. The summed E-state index contributed by atoms with van der Waals surface area (Å²) < 4.78 is 10.3. The van der Waals surface area contributed by atoms with E-state index in [1.807, 2.05) is 21.0 Å². The highest BCUT2D eigenvalue weighted by Gasteiger charge is 2.00. The molecule has 0 saturated carbocycles. The molecule has 0 aromatic rings. The number of nitrogens with one attached hydrogen (secondary N) is 2. The van der Waals surface area contributed by atoms with Gasteiger partial charge in [0.05, 0.1) is 13.2 Å². The van der Waals surface area contributed by atoms with Crippen LogP contribution in [0.4, 0.5) is 0 Å². The highest BCUT2D eigenvalue weighted by atomic mass is 16.5. The van der Waals surface area contributed by atoms with Crippen LogP contribution in [0.15, 0.2) is 0 Å². The quantitative estimate of drug-likeness (QED) is 0.152. The number of carboxylic acid groups (broad SMARTS) is 1. The number of unbranched alkanes of at least 4 members (excludes halogenated alkanes) is 8. The van der Waals surface area contributed by atoms with Gasteiger partial charge in [-0.1, -0.05) is 38.5 Å². The minimum Gasteiger partial charge on any atom is -0.481 e. The fraction of sp³-hybridized carbons (Fsp3) is 0.875. The van der Waals surface area contributed by atoms with Crippen LogP contribution in [-0.2, 0) is 23.9 Å². The number of ether oxygens (including phenoxy) is 2. The van der Waals surface area contributed by atoms with E-state index in [2.05, 4.69) is 10.6 Å². The molecular formula is C24H52N4O6. The van der Waals surface area contributed by atoms with Crippen molar-refractivity contribution in [3.05, 3.63) is 0 Å². The summed E-state index contributed by atoms with van der Waals surface area (Å²) in [6.07, 6.45) is 11.0. The van der Waals surface area contributed by atoms with Crippen LogP contribution in [0, 0.1) is 0 Å². The Kier molecular flexibility index (Phi) is 36.2. The summed E-state index contributed by atoms with van der Waals surface area (Å²) in [5.41, 5.74) is 10.0. The number of carbonyl (C=O) groups is 3. The molecule has 0 atom stereocenters. The second-order valence-electron chi connectivity index (χ2n) is 7.78. The standard InChI is InChI=1S/C17H33NO5.C5H12N2O.C2H7N/c1-2-22-13-14-23-15-16(19)18-12-10-8-6-4-3-5-7-9-11-17(20)21;6-4-2-1-3-5(7)8;1-3-2/h2-15H2,1H3,(H,18,19)(H,20,21);1-4,6H2,(H2,7,8);3H,1-2H3. The Morgan fingerprint density at radius 3 is 1.79 bits per heavy atom. The zero-order chi connectivity index (χ0) is 26.3. The van der Waals surface area contributed by atoms with Gasteiger partial charge in [0, 0.05) is 26.0 Å². The molecule has 0 rings (SSSR count). The zero-order valence-corrected chi connectivity index (χ0v) is 21.9. The summed E-state index contributed by atoms with van der Waals surface area (Å²) in [6, 6.07) is 0. The Hall–Kier alpha value is -1.75. The number of nitrogens with two attached hydrogens (primary N) is 2. The maximum Gasteiger partial charge on any atom is 0.303 e. The van der Waals surface area contributed by atoms with E-state index < -0.39 is 5.97 Å². The SMILES string of the molecule is CCOCCOCC(=O)NCCCCCCCCCCC(=O)O.CNC.NCCCCC(N)=O. The molecule has 34 heavy (non-hydrogen) atoms. The Morgan fingerprint density at radius 2 is 1.29 bits per heavy atom. The van der Waals surface area contributed by atoms with Gasteiger partial charge in [-0.3, -0.25) is 14.4 Å². The topological polar surface area (TPSA) is 166 Å². The van der Waals surface area contributed by atoms with Crippen LogP contribution < -0.4 is 22.1 Å². The van der Waals surface area contributed by atoms with Crippen LogP contribution in [0.2, 0.25) is 0 Å². The third kappa shape index (κ3) is 44.0. The van der Waals surface area contributed by atoms with Crippen LogP contribution in [0.25, 0.3) is 0 Å². The molecule has 10 heteroatoms. The van der Waals surface area contributed by atoms with E-state index >= 15 is 0 Å². The van der Waals surface area contributed by atoms with Gasteiger partial charge in [0.25, 0.3) is 0 Å². The van der Waals surface area contributed by atoms with Gasteiger partial charge in [-0.15, -0.1) is 0 Å². The molecule has 0 unspecified atom stereocenters. The average Bonchev–Trinajstić information content (AvgIpc) is 2.78. The van der Waals surface area contributed by atoms with Gasteiger partial charge < -0.3 is 36.7 Å². The van der Waals surface area contributed by atoms with Gasteiger partial charge >= 0.3 is 5.97 Å². The van der Waals surface area contributed by atoms with Gasteiger partial charge in [0.1, 0.15) is 6.61 Å². The molecule has 0 heterocycles. The molecule has 0 aliphatic rings. The molecule has 0 fully saturated rings. The van der Waals surface area contributed by atoms with E-state index in [-0.39, 0.29) is 24.8 Å². The first kappa shape index (κ1) is 36.8. The molecule has 0 bridgehead atoms. The summed E-state index contributed by atoms with van der Waals surface area (Å²) in [5.74, 6) is -1.01. The first-order valence-electron chi connectivity index (χ1n) is 12.6. The zero-order valence-electron chi connectivity index (χ0n) is 21.9. The van der Waals surface area contributed by atoms with E-state index in [9.17, 15) is 14.4 Å². The van der Waals surface area contributed by atoms with Crippen LogP contribution >= 0.6 is 0 Å². The number of hydrogen-bond acceptors (Lipinski definition) is 7. The van der Waals surface area contributed by atoms with E-state index in [0.717, 1.165) is 44.9 Å². The summed E-state index contributed by atoms with van der Waals surface area (Å²) in [4.78, 5) is 31.8. The monoisotopic (exact) mass is 492 g/mol. The van der Waals surface area contributed by atoms with Gasteiger partial charge in [0.15, 0.2) is 0 Å². The van der Waals surface area contributed by atoms with Crippen LogP contribution in [0.3, 0.4) is 0 Å². The molecule has 7 N–H and O–H groups in total. The molecule has 0 spiro atoms. The Morgan fingerprint density at radius 1 is 0.794 bits per heavy atom. The van der Waals surface area contributed by atoms with Gasteiger partial charge in [-0.25, -0.2) is 0 Å². The van der Waals surface area contributed by atoms with E-state index in [0.29, 0.717) is 39.3 Å². The molecule has 10 nitrogen and oxygen atoms in total. The maximum atomic E-state index is 11.4. The van der Waals surface area contributed by atoms with E-state index in [4.69, 9.17) is 26.0 Å². The molecule has 2 amide bonds. The largest absolute Gasteiger partial charge is 0.481 e. The molecule has 204 valence electrons. The lowest BCUT2D eigenvalue weighted by atomic mass is 10.1. The number of carbonyl (C=O) groups excluding carboxylic acids is 2. The van der Waals surface area contributed by atoms with Crippen molar-refractivity contribution in [2.45, 2.75) is 84.0 Å². The van der Waals surface area contributed by atoms with Crippen LogP contribution in [0.1, 0.15) is 84.0 Å². The molecular weight excluding hydrogens is 440 g/mol. The molecule has 0 aliphatic carbocycles. The first-order chi connectivity index (χ1) is 16.3. The van der Waals surface area contributed by atoms with Crippen molar-refractivity contribution in [1.82, 2.24) is 10.6 Å². The number of amides is 2. The predicted octanol–water partition coefficient (Wildman–Crippen LogP) is 2.19. The minimum absolute atomic E-state index is 0.0695. The van der Waals surface area contributed by atoms with Crippen molar-refractivity contribution in [1.29, 1.82) is 0 Å². The van der Waals surface area contributed by atoms with Crippen LogP contribution in [-0.4, -0.2) is 76.5 Å². The van der Waals surface area contributed by atoms with Gasteiger partial charge in [0.2, 0.25) is 11.8 Å². The number of rotatable bonds is 21. The number of aliphatic carboxylic acids is 1. The normalized spacial score (nSPS) is 9.88.